The maximum atomic E-state index is 10.6. The van der Waals surface area contributed by atoms with Crippen molar-refractivity contribution < 1.29 is 9.90 Å². The number of fused-ring (bicyclic) bond motifs is 1. The van der Waals surface area contributed by atoms with E-state index in [1.54, 1.807) is 13.1 Å². The van der Waals surface area contributed by atoms with Crippen LogP contribution in [0.3, 0.4) is 0 Å². The average molecular weight is 245 g/mol. The van der Waals surface area contributed by atoms with Gasteiger partial charge in [-0.15, -0.1) is 0 Å². The summed E-state index contributed by atoms with van der Waals surface area (Å²) in [7, 11) is 0. The Morgan fingerprint density at radius 2 is 2.11 bits per heavy atom. The molecule has 0 unspecified atom stereocenters. The highest BCUT2D eigenvalue weighted by atomic mass is 16.4. The summed E-state index contributed by atoms with van der Waals surface area (Å²) in [6, 6.07) is 7.44. The van der Waals surface area contributed by atoms with Gasteiger partial charge < -0.3 is 16.2 Å². The Labute approximate surface area is 105 Å². The highest BCUT2D eigenvalue weighted by Gasteiger charge is 2.10. The van der Waals surface area contributed by atoms with Crippen molar-refractivity contribution in [3.05, 3.63) is 30.5 Å². The summed E-state index contributed by atoms with van der Waals surface area (Å²) in [5, 5.41) is 13.6. The standard InChI is InChI=1S/C13H15N3O2/c1-8(6-12(17)18)16-13-10-5-3-2-4-9(10)11(14)7-15-13/h2-5,7-8H,6,14H2,1H3,(H,15,16)(H,17,18)/t8-/m0/s1. The number of carboxylic acids is 1. The summed E-state index contributed by atoms with van der Waals surface area (Å²) in [6.45, 7) is 1.81. The van der Waals surface area contributed by atoms with Crippen LogP contribution in [-0.4, -0.2) is 22.1 Å². The SMILES string of the molecule is C[C@@H](CC(=O)O)Nc1ncc(N)c2ccccc12. The Morgan fingerprint density at radius 1 is 1.44 bits per heavy atom. The second-order valence-electron chi connectivity index (χ2n) is 4.25. The number of benzene rings is 1. The molecule has 0 amide bonds. The van der Waals surface area contributed by atoms with Crippen LogP contribution in [0.1, 0.15) is 13.3 Å². The van der Waals surface area contributed by atoms with E-state index in [1.165, 1.54) is 0 Å². The molecule has 2 rings (SSSR count). The largest absolute Gasteiger partial charge is 0.481 e. The number of carboxylic acid groups (broad SMARTS) is 1. The molecule has 5 nitrogen and oxygen atoms in total. The summed E-state index contributed by atoms with van der Waals surface area (Å²) in [5.41, 5.74) is 6.47. The number of aliphatic carboxylic acids is 1. The van der Waals surface area contributed by atoms with Crippen LogP contribution in [0.2, 0.25) is 0 Å². The number of pyridine rings is 1. The van der Waals surface area contributed by atoms with Crippen LogP contribution >= 0.6 is 0 Å². The number of hydrogen-bond donors (Lipinski definition) is 3. The van der Waals surface area contributed by atoms with Gasteiger partial charge in [-0.25, -0.2) is 4.98 Å². The van der Waals surface area contributed by atoms with E-state index in [0.717, 1.165) is 10.8 Å². The van der Waals surface area contributed by atoms with Crippen molar-refractivity contribution in [1.29, 1.82) is 0 Å². The number of aromatic nitrogens is 1. The van der Waals surface area contributed by atoms with Gasteiger partial charge in [-0.3, -0.25) is 4.79 Å². The van der Waals surface area contributed by atoms with E-state index in [-0.39, 0.29) is 12.5 Å². The quantitative estimate of drug-likeness (QED) is 0.767. The van der Waals surface area contributed by atoms with Gasteiger partial charge in [0, 0.05) is 16.8 Å². The van der Waals surface area contributed by atoms with Crippen molar-refractivity contribution in [2.24, 2.45) is 0 Å². The van der Waals surface area contributed by atoms with Crippen molar-refractivity contribution in [2.75, 3.05) is 11.1 Å². The van der Waals surface area contributed by atoms with Crippen LogP contribution in [0.4, 0.5) is 11.5 Å². The molecule has 0 aliphatic rings. The van der Waals surface area contributed by atoms with E-state index in [4.69, 9.17) is 10.8 Å². The molecule has 94 valence electrons. The number of nitrogens with two attached hydrogens (primary N) is 1. The molecule has 1 heterocycles. The van der Waals surface area contributed by atoms with Gasteiger partial charge in [-0.1, -0.05) is 24.3 Å². The molecule has 1 aromatic heterocycles. The zero-order valence-electron chi connectivity index (χ0n) is 10.1. The van der Waals surface area contributed by atoms with Crippen LogP contribution in [0, 0.1) is 0 Å². The number of carbonyl (C=O) groups is 1. The third-order valence-electron chi connectivity index (χ3n) is 2.69. The van der Waals surface area contributed by atoms with E-state index in [9.17, 15) is 4.79 Å². The van der Waals surface area contributed by atoms with Gasteiger partial charge in [0.15, 0.2) is 0 Å². The first kappa shape index (κ1) is 12.2. The lowest BCUT2D eigenvalue weighted by Crippen LogP contribution is -2.20. The van der Waals surface area contributed by atoms with Gasteiger partial charge in [0.05, 0.1) is 18.3 Å². The summed E-state index contributed by atoms with van der Waals surface area (Å²) < 4.78 is 0. The predicted octanol–water partition coefficient (Wildman–Crippen LogP) is 2.09. The van der Waals surface area contributed by atoms with E-state index in [0.29, 0.717) is 11.5 Å². The molecule has 0 aliphatic carbocycles. The second kappa shape index (κ2) is 4.91. The minimum atomic E-state index is -0.838. The fourth-order valence-electron chi connectivity index (χ4n) is 1.88. The monoisotopic (exact) mass is 245 g/mol. The molecule has 2 aromatic rings. The third kappa shape index (κ3) is 2.51. The number of nitrogen functional groups attached to an aromatic ring is 1. The molecule has 1 aromatic carbocycles. The van der Waals surface area contributed by atoms with Crippen LogP contribution < -0.4 is 11.1 Å². The topological polar surface area (TPSA) is 88.2 Å². The third-order valence-corrected chi connectivity index (χ3v) is 2.69. The molecule has 18 heavy (non-hydrogen) atoms. The predicted molar refractivity (Wildman–Crippen MR) is 71.5 cm³/mol. The maximum absolute atomic E-state index is 10.6. The van der Waals surface area contributed by atoms with Crippen LogP contribution in [0.15, 0.2) is 30.5 Å². The molecular weight excluding hydrogens is 230 g/mol. The second-order valence-corrected chi connectivity index (χ2v) is 4.25. The van der Waals surface area contributed by atoms with E-state index in [2.05, 4.69) is 10.3 Å². The first-order valence-corrected chi connectivity index (χ1v) is 5.69. The van der Waals surface area contributed by atoms with Crippen molar-refractivity contribution >= 4 is 28.2 Å². The van der Waals surface area contributed by atoms with E-state index < -0.39 is 5.97 Å². The molecule has 0 spiro atoms. The molecule has 5 heteroatoms. The molecule has 4 N–H and O–H groups in total. The Hall–Kier alpha value is -2.30. The highest BCUT2D eigenvalue weighted by Crippen LogP contribution is 2.26. The lowest BCUT2D eigenvalue weighted by atomic mass is 10.1. The summed E-state index contributed by atoms with van der Waals surface area (Å²) >= 11 is 0. The van der Waals surface area contributed by atoms with E-state index >= 15 is 0 Å². The van der Waals surface area contributed by atoms with Gasteiger partial charge in [-0.05, 0) is 6.92 Å². The normalized spacial score (nSPS) is 12.3. The Kier molecular flexibility index (Phi) is 3.32. The molecule has 0 fully saturated rings. The smallest absolute Gasteiger partial charge is 0.305 e. The molecular formula is C13H15N3O2. The lowest BCUT2D eigenvalue weighted by Gasteiger charge is -2.14. The number of hydrogen-bond acceptors (Lipinski definition) is 4. The van der Waals surface area contributed by atoms with Crippen molar-refractivity contribution in [1.82, 2.24) is 4.98 Å². The van der Waals surface area contributed by atoms with Gasteiger partial charge in [0.2, 0.25) is 0 Å². The zero-order chi connectivity index (χ0) is 13.1. The van der Waals surface area contributed by atoms with Crippen molar-refractivity contribution in [2.45, 2.75) is 19.4 Å². The summed E-state index contributed by atoms with van der Waals surface area (Å²) in [5.74, 6) is -0.177. The molecule has 0 aliphatic heterocycles. The number of anilines is 2. The fraction of sp³-hybridized carbons (Fsp3) is 0.231. The maximum Gasteiger partial charge on any atom is 0.305 e. The van der Waals surface area contributed by atoms with E-state index in [1.807, 2.05) is 24.3 Å². The summed E-state index contributed by atoms with van der Waals surface area (Å²) in [4.78, 5) is 14.9. The Balaban J connectivity index is 2.34. The fourth-order valence-corrected chi connectivity index (χ4v) is 1.88. The Bertz CT molecular complexity index is 583. The highest BCUT2D eigenvalue weighted by molar-refractivity contribution is 5.99. The van der Waals surface area contributed by atoms with Crippen LogP contribution in [-0.2, 0) is 4.79 Å². The van der Waals surface area contributed by atoms with Crippen molar-refractivity contribution in [3.63, 3.8) is 0 Å². The zero-order valence-corrected chi connectivity index (χ0v) is 10.1. The van der Waals surface area contributed by atoms with Crippen LogP contribution in [0.25, 0.3) is 10.8 Å². The van der Waals surface area contributed by atoms with Crippen LogP contribution in [0.5, 0.6) is 0 Å². The Morgan fingerprint density at radius 3 is 2.78 bits per heavy atom. The number of rotatable bonds is 4. The first-order chi connectivity index (χ1) is 8.58. The molecule has 0 radical (unpaired) electrons. The van der Waals surface area contributed by atoms with Gasteiger partial charge in [-0.2, -0.15) is 0 Å². The van der Waals surface area contributed by atoms with Gasteiger partial charge >= 0.3 is 5.97 Å². The summed E-state index contributed by atoms with van der Waals surface area (Å²) in [6.07, 6.45) is 1.62. The van der Waals surface area contributed by atoms with Gasteiger partial charge in [0.1, 0.15) is 5.82 Å². The average Bonchev–Trinajstić information content (AvgIpc) is 2.32. The first-order valence-electron chi connectivity index (χ1n) is 5.69. The molecule has 0 saturated carbocycles. The lowest BCUT2D eigenvalue weighted by molar-refractivity contribution is -0.137. The van der Waals surface area contributed by atoms with Crippen molar-refractivity contribution in [3.8, 4) is 0 Å². The minimum Gasteiger partial charge on any atom is -0.481 e. The minimum absolute atomic E-state index is 0.0420. The number of nitrogens with one attached hydrogen (secondary N) is 1. The molecule has 0 saturated heterocycles. The number of nitrogens with zero attached hydrogens (tertiary/aromatic N) is 1. The molecule has 1 atom stereocenters. The van der Waals surface area contributed by atoms with Gasteiger partial charge in [0.25, 0.3) is 0 Å². The molecule has 0 bridgehead atoms.